The van der Waals surface area contributed by atoms with Crippen molar-refractivity contribution in [2.75, 3.05) is 23.8 Å². The number of hydrogen-bond donors (Lipinski definition) is 2. The fraction of sp³-hybridized carbons (Fsp3) is 0.0952. The van der Waals surface area contributed by atoms with Crippen molar-refractivity contribution in [3.05, 3.63) is 74.7 Å². The molecule has 0 saturated carbocycles. The summed E-state index contributed by atoms with van der Waals surface area (Å²) in [6.45, 7) is -0.593. The molecule has 11 heteroatoms. The lowest BCUT2D eigenvalue weighted by atomic mass is 10.3. The molecule has 2 N–H and O–H groups in total. The zero-order valence-corrected chi connectivity index (χ0v) is 19.2. The van der Waals surface area contributed by atoms with Crippen LogP contribution in [-0.4, -0.2) is 30.0 Å². The molecule has 0 spiro atoms. The van der Waals surface area contributed by atoms with Crippen molar-refractivity contribution in [3.8, 4) is 11.5 Å². The van der Waals surface area contributed by atoms with Crippen molar-refractivity contribution >= 4 is 69.9 Å². The van der Waals surface area contributed by atoms with Crippen molar-refractivity contribution in [1.82, 2.24) is 4.98 Å². The average molecular weight is 515 g/mol. The highest BCUT2D eigenvalue weighted by molar-refractivity contribution is 6.36. The van der Waals surface area contributed by atoms with E-state index in [-0.39, 0.29) is 34.9 Å². The minimum absolute atomic E-state index is 0.222. The van der Waals surface area contributed by atoms with Crippen LogP contribution >= 0.6 is 46.4 Å². The van der Waals surface area contributed by atoms with Crippen LogP contribution in [0.4, 0.5) is 11.6 Å². The van der Waals surface area contributed by atoms with Crippen molar-refractivity contribution < 1.29 is 19.1 Å². The molecule has 166 valence electrons. The number of carbonyl (C=O) groups excluding carboxylic acids is 2. The van der Waals surface area contributed by atoms with Gasteiger partial charge in [0.2, 0.25) is 0 Å². The first-order chi connectivity index (χ1) is 15.3. The van der Waals surface area contributed by atoms with Gasteiger partial charge in [-0.3, -0.25) is 9.59 Å². The average Bonchev–Trinajstić information content (AvgIpc) is 2.73. The summed E-state index contributed by atoms with van der Waals surface area (Å²) in [5.74, 6) is 0.155. The van der Waals surface area contributed by atoms with Gasteiger partial charge in [0.25, 0.3) is 11.8 Å². The minimum atomic E-state index is -0.465. The highest BCUT2D eigenvalue weighted by Crippen LogP contribution is 2.28. The largest absolute Gasteiger partial charge is 0.482 e. The Labute approximate surface area is 203 Å². The number of halogens is 4. The molecule has 2 aromatic carbocycles. The number of hydrogen-bond acceptors (Lipinski definition) is 5. The van der Waals surface area contributed by atoms with Gasteiger partial charge >= 0.3 is 0 Å². The number of aromatic nitrogens is 1. The minimum Gasteiger partial charge on any atom is -0.482 e. The molecule has 2 amide bonds. The van der Waals surface area contributed by atoms with Crippen LogP contribution < -0.4 is 20.1 Å². The number of pyridine rings is 1. The van der Waals surface area contributed by atoms with Crippen molar-refractivity contribution in [3.63, 3.8) is 0 Å². The summed E-state index contributed by atoms with van der Waals surface area (Å²) in [7, 11) is 0. The molecular formula is C21H15Cl4N3O4. The lowest BCUT2D eigenvalue weighted by Gasteiger charge is -2.10. The van der Waals surface area contributed by atoms with E-state index in [1.165, 1.54) is 12.1 Å². The highest BCUT2D eigenvalue weighted by Gasteiger charge is 2.10. The van der Waals surface area contributed by atoms with Crippen LogP contribution in [-0.2, 0) is 9.59 Å². The summed E-state index contributed by atoms with van der Waals surface area (Å²) < 4.78 is 10.8. The first kappa shape index (κ1) is 23.9. The molecule has 0 unspecified atom stereocenters. The normalized spacial score (nSPS) is 10.4. The summed E-state index contributed by atoms with van der Waals surface area (Å²) in [5.41, 5.74) is 0. The van der Waals surface area contributed by atoms with Gasteiger partial charge < -0.3 is 20.1 Å². The van der Waals surface area contributed by atoms with Gasteiger partial charge in [-0.1, -0.05) is 52.5 Å². The Balaban J connectivity index is 1.50. The smallest absolute Gasteiger partial charge is 0.263 e. The van der Waals surface area contributed by atoms with E-state index in [2.05, 4.69) is 15.6 Å². The van der Waals surface area contributed by atoms with Crippen LogP contribution in [0.2, 0.25) is 20.1 Å². The summed E-state index contributed by atoms with van der Waals surface area (Å²) in [6, 6.07) is 14.1. The zero-order chi connectivity index (χ0) is 23.1. The van der Waals surface area contributed by atoms with E-state index in [0.29, 0.717) is 21.5 Å². The molecule has 0 fully saturated rings. The summed E-state index contributed by atoms with van der Waals surface area (Å²) in [5, 5.41) is 6.63. The van der Waals surface area contributed by atoms with Crippen LogP contribution in [0.1, 0.15) is 0 Å². The van der Waals surface area contributed by atoms with E-state index in [1.54, 1.807) is 42.5 Å². The van der Waals surface area contributed by atoms with Gasteiger partial charge in [-0.15, -0.1) is 0 Å². The third-order valence-corrected chi connectivity index (χ3v) is 4.85. The molecule has 0 aliphatic rings. The van der Waals surface area contributed by atoms with Crippen LogP contribution in [0.5, 0.6) is 11.5 Å². The van der Waals surface area contributed by atoms with Gasteiger partial charge in [-0.05, 0) is 48.5 Å². The molecule has 3 aromatic rings. The predicted molar refractivity (Wildman–Crippen MR) is 125 cm³/mol. The monoisotopic (exact) mass is 513 g/mol. The molecule has 0 aliphatic heterocycles. The van der Waals surface area contributed by atoms with E-state index in [9.17, 15) is 9.59 Å². The third-order valence-electron chi connectivity index (χ3n) is 3.79. The molecule has 0 bridgehead atoms. The molecule has 0 atom stereocenters. The number of amides is 2. The second-order valence-corrected chi connectivity index (χ2v) is 7.92. The standard InChI is InChI=1S/C21H15Cl4N3O4/c22-12-4-6-16(14(24)8-12)31-10-20(29)27-18-2-1-3-19(26-18)28-21(30)11-32-17-7-5-13(23)9-15(17)25/h1-9H,10-11H2,(H2,26,27,28,29,30). The number of benzene rings is 2. The molecule has 0 radical (unpaired) electrons. The summed E-state index contributed by atoms with van der Waals surface area (Å²) in [6.07, 6.45) is 0. The lowest BCUT2D eigenvalue weighted by molar-refractivity contribution is -0.118. The topological polar surface area (TPSA) is 89.6 Å². The molecule has 3 rings (SSSR count). The van der Waals surface area contributed by atoms with E-state index in [0.717, 1.165) is 0 Å². The number of ether oxygens (including phenoxy) is 2. The first-order valence-electron chi connectivity index (χ1n) is 9.02. The number of nitrogens with one attached hydrogen (secondary N) is 2. The maximum Gasteiger partial charge on any atom is 0.263 e. The van der Waals surface area contributed by atoms with Crippen molar-refractivity contribution in [2.24, 2.45) is 0 Å². The Morgan fingerprint density at radius 1 is 0.719 bits per heavy atom. The number of carbonyl (C=O) groups is 2. The van der Waals surface area contributed by atoms with Gasteiger partial charge in [0.1, 0.15) is 23.1 Å². The van der Waals surface area contributed by atoms with Crippen LogP contribution in [0.15, 0.2) is 54.6 Å². The van der Waals surface area contributed by atoms with Gasteiger partial charge in [-0.2, -0.15) is 0 Å². The van der Waals surface area contributed by atoms with Gasteiger partial charge in [0, 0.05) is 10.0 Å². The molecule has 32 heavy (non-hydrogen) atoms. The maximum atomic E-state index is 12.1. The number of anilines is 2. The van der Waals surface area contributed by atoms with E-state index < -0.39 is 11.8 Å². The molecular weight excluding hydrogens is 500 g/mol. The van der Waals surface area contributed by atoms with E-state index in [1.807, 2.05) is 0 Å². The SMILES string of the molecule is O=C(COc1ccc(Cl)cc1Cl)Nc1cccc(NC(=O)COc2ccc(Cl)cc2Cl)n1. The highest BCUT2D eigenvalue weighted by atomic mass is 35.5. The van der Waals surface area contributed by atoms with Gasteiger partial charge in [0.05, 0.1) is 10.0 Å². The first-order valence-corrected chi connectivity index (χ1v) is 10.5. The second-order valence-electron chi connectivity index (χ2n) is 6.23. The van der Waals surface area contributed by atoms with Crippen molar-refractivity contribution in [2.45, 2.75) is 0 Å². The summed E-state index contributed by atoms with van der Waals surface area (Å²) in [4.78, 5) is 28.4. The van der Waals surface area contributed by atoms with E-state index >= 15 is 0 Å². The maximum absolute atomic E-state index is 12.1. The number of rotatable bonds is 8. The fourth-order valence-electron chi connectivity index (χ4n) is 2.40. The Bertz CT molecular complexity index is 1060. The molecule has 7 nitrogen and oxygen atoms in total. The van der Waals surface area contributed by atoms with Crippen LogP contribution in [0, 0.1) is 0 Å². The molecule has 0 saturated heterocycles. The quantitative estimate of drug-likeness (QED) is 0.400. The Hall–Kier alpha value is -2.71. The summed E-state index contributed by atoms with van der Waals surface area (Å²) >= 11 is 23.7. The van der Waals surface area contributed by atoms with Gasteiger partial charge in [-0.25, -0.2) is 4.98 Å². The van der Waals surface area contributed by atoms with Crippen molar-refractivity contribution in [1.29, 1.82) is 0 Å². The zero-order valence-electron chi connectivity index (χ0n) is 16.2. The lowest BCUT2D eigenvalue weighted by Crippen LogP contribution is -2.23. The second kappa shape index (κ2) is 11.2. The third kappa shape index (κ3) is 7.17. The fourth-order valence-corrected chi connectivity index (χ4v) is 3.33. The number of nitrogens with zero attached hydrogens (tertiary/aromatic N) is 1. The Morgan fingerprint density at radius 2 is 1.16 bits per heavy atom. The Morgan fingerprint density at radius 3 is 1.56 bits per heavy atom. The van der Waals surface area contributed by atoms with E-state index in [4.69, 9.17) is 55.9 Å². The molecule has 1 heterocycles. The Kier molecular flexibility index (Phi) is 8.41. The predicted octanol–water partition coefficient (Wildman–Crippen LogP) is 5.73. The van der Waals surface area contributed by atoms with Crippen LogP contribution in [0.3, 0.4) is 0 Å². The molecule has 0 aliphatic carbocycles. The van der Waals surface area contributed by atoms with Crippen LogP contribution in [0.25, 0.3) is 0 Å². The molecule has 1 aromatic heterocycles. The van der Waals surface area contributed by atoms with Gasteiger partial charge in [0.15, 0.2) is 13.2 Å².